The summed E-state index contributed by atoms with van der Waals surface area (Å²) < 4.78 is 2.00. The van der Waals surface area contributed by atoms with Crippen molar-refractivity contribution in [3.05, 3.63) is 156 Å². The molecule has 5 heteroatoms. The topological polar surface area (TPSA) is 66.1 Å². The van der Waals surface area contributed by atoms with Crippen molar-refractivity contribution in [3.63, 3.8) is 0 Å². The summed E-state index contributed by atoms with van der Waals surface area (Å²) in [6.45, 7) is 8.00. The van der Waals surface area contributed by atoms with E-state index in [1.54, 1.807) is 12.1 Å². The summed E-state index contributed by atoms with van der Waals surface area (Å²) in [5.41, 5.74) is 7.77. The van der Waals surface area contributed by atoms with Crippen molar-refractivity contribution in [1.82, 2.24) is 4.57 Å². The summed E-state index contributed by atoms with van der Waals surface area (Å²) in [6.07, 6.45) is 0. The number of nitrogens with zero attached hydrogens (tertiary/aromatic N) is 3. The second-order valence-electron chi connectivity index (χ2n) is 10.8. The molecule has 0 atom stereocenters. The van der Waals surface area contributed by atoms with Gasteiger partial charge >= 0.3 is 0 Å². The highest BCUT2D eigenvalue weighted by atomic mass is 16.2. The average Bonchev–Trinajstić information content (AvgIpc) is 3.64. The monoisotopic (exact) mass is 625 g/mol. The number of fused-ring (bicyclic) bond motifs is 4. The fourth-order valence-corrected chi connectivity index (χ4v) is 6.43. The van der Waals surface area contributed by atoms with E-state index >= 15 is 0 Å². The minimum atomic E-state index is -0.382. The number of benzene rings is 6. The second kappa shape index (κ2) is 13.6. The fourth-order valence-electron chi connectivity index (χ4n) is 6.43. The Bertz CT molecular complexity index is 2330. The van der Waals surface area contributed by atoms with Crippen LogP contribution in [0, 0.1) is 11.3 Å². The predicted octanol–water partition coefficient (Wildman–Crippen LogP) is 10.8. The van der Waals surface area contributed by atoms with Gasteiger partial charge in [0.1, 0.15) is 0 Å². The van der Waals surface area contributed by atoms with E-state index < -0.39 is 0 Å². The molecule has 7 aromatic rings. The summed E-state index contributed by atoms with van der Waals surface area (Å²) in [6, 6.07) is 46.9. The van der Waals surface area contributed by atoms with Crippen LogP contribution < -0.4 is 4.90 Å². The lowest BCUT2D eigenvalue weighted by molar-refractivity contribution is 0.0926. The number of carbonyl (C=O) groups is 2. The molecule has 0 unspecified atom stereocenters. The quantitative estimate of drug-likeness (QED) is 0.183. The molecule has 5 nitrogen and oxygen atoms in total. The van der Waals surface area contributed by atoms with Crippen LogP contribution in [0.25, 0.3) is 49.7 Å². The highest BCUT2D eigenvalue weighted by Crippen LogP contribution is 2.42. The SMILES string of the molecule is CC.CC.N#Cc1cccc2c1c1ccccc1n2-c1cccc2c1C(=O)N(c1ccc(-c3ccccc3)cc1-c1ccccc1)C2=O. The Morgan fingerprint density at radius 1 is 0.521 bits per heavy atom. The number of anilines is 1. The van der Waals surface area contributed by atoms with Gasteiger partial charge in [-0.2, -0.15) is 5.26 Å². The molecule has 0 bridgehead atoms. The van der Waals surface area contributed by atoms with Crippen LogP contribution in [-0.2, 0) is 0 Å². The second-order valence-corrected chi connectivity index (χ2v) is 10.8. The van der Waals surface area contributed by atoms with Gasteiger partial charge in [0.05, 0.1) is 45.2 Å². The number of amides is 2. The third kappa shape index (κ3) is 5.14. The van der Waals surface area contributed by atoms with Gasteiger partial charge in [-0.25, -0.2) is 4.90 Å². The van der Waals surface area contributed by atoms with Crippen molar-refractivity contribution in [2.24, 2.45) is 0 Å². The highest BCUT2D eigenvalue weighted by Gasteiger charge is 2.40. The van der Waals surface area contributed by atoms with Crippen molar-refractivity contribution in [3.8, 4) is 34.0 Å². The summed E-state index contributed by atoms with van der Waals surface area (Å²) in [7, 11) is 0. The Kier molecular flexibility index (Phi) is 9.00. The van der Waals surface area contributed by atoms with E-state index in [2.05, 4.69) is 6.07 Å². The van der Waals surface area contributed by atoms with Gasteiger partial charge in [0.25, 0.3) is 11.8 Å². The molecule has 0 radical (unpaired) electrons. The normalized spacial score (nSPS) is 11.8. The van der Waals surface area contributed by atoms with Gasteiger partial charge in [0.15, 0.2) is 0 Å². The van der Waals surface area contributed by atoms with Gasteiger partial charge in [-0.3, -0.25) is 9.59 Å². The first-order valence-electron chi connectivity index (χ1n) is 16.3. The molecule has 8 rings (SSSR count). The first-order valence-corrected chi connectivity index (χ1v) is 16.3. The van der Waals surface area contributed by atoms with Crippen LogP contribution in [0.2, 0.25) is 0 Å². The number of hydrogen-bond acceptors (Lipinski definition) is 3. The molecule has 1 aromatic heterocycles. The maximum atomic E-state index is 14.5. The standard InChI is InChI=1S/C39H23N3O2.2C2H6/c40-24-28-15-9-19-34-36(28)29-16-7-8-18-32(29)41(34)35-20-10-17-30-37(35)39(44)42(38(30)43)33-22-21-27(25-11-3-1-4-12-25)23-31(33)26-13-5-2-6-14-26;2*1-2/h1-23H;2*1-2H3. The van der Waals surface area contributed by atoms with E-state index in [9.17, 15) is 14.9 Å². The molecule has 234 valence electrons. The van der Waals surface area contributed by atoms with E-state index in [4.69, 9.17) is 0 Å². The van der Waals surface area contributed by atoms with Crippen molar-refractivity contribution in [2.75, 3.05) is 4.90 Å². The number of nitriles is 1. The van der Waals surface area contributed by atoms with Crippen molar-refractivity contribution in [2.45, 2.75) is 27.7 Å². The molecule has 1 aliphatic rings. The Hall–Kier alpha value is -6.25. The largest absolute Gasteiger partial charge is 0.308 e. The number of imide groups is 1. The summed E-state index contributed by atoms with van der Waals surface area (Å²) in [4.78, 5) is 30.0. The van der Waals surface area contributed by atoms with E-state index in [1.165, 1.54) is 4.90 Å². The number of para-hydroxylation sites is 1. The van der Waals surface area contributed by atoms with E-state index in [0.717, 1.165) is 44.1 Å². The molecule has 0 N–H and O–H groups in total. The zero-order valence-corrected chi connectivity index (χ0v) is 27.4. The van der Waals surface area contributed by atoms with Gasteiger partial charge in [0.2, 0.25) is 0 Å². The highest BCUT2D eigenvalue weighted by molar-refractivity contribution is 6.36. The zero-order valence-electron chi connectivity index (χ0n) is 27.4. The van der Waals surface area contributed by atoms with Crippen LogP contribution in [0.3, 0.4) is 0 Å². The van der Waals surface area contributed by atoms with Crippen LogP contribution in [0.4, 0.5) is 5.69 Å². The van der Waals surface area contributed by atoms with Crippen molar-refractivity contribution < 1.29 is 9.59 Å². The molecule has 0 saturated carbocycles. The van der Waals surface area contributed by atoms with Crippen molar-refractivity contribution in [1.29, 1.82) is 5.26 Å². The number of rotatable bonds is 4. The Balaban J connectivity index is 0.000000969. The summed E-state index contributed by atoms with van der Waals surface area (Å²) >= 11 is 0. The average molecular weight is 626 g/mol. The van der Waals surface area contributed by atoms with Crippen LogP contribution >= 0.6 is 0 Å². The Labute approximate surface area is 280 Å². The van der Waals surface area contributed by atoms with Gasteiger partial charge in [-0.05, 0) is 59.2 Å². The molecule has 0 fully saturated rings. The van der Waals surface area contributed by atoms with Gasteiger partial charge in [-0.15, -0.1) is 0 Å². The van der Waals surface area contributed by atoms with E-state index in [-0.39, 0.29) is 11.8 Å². The molecule has 2 amide bonds. The molecule has 48 heavy (non-hydrogen) atoms. The third-order valence-electron chi connectivity index (χ3n) is 8.38. The maximum Gasteiger partial charge on any atom is 0.268 e. The van der Waals surface area contributed by atoms with Crippen LogP contribution in [0.5, 0.6) is 0 Å². The minimum Gasteiger partial charge on any atom is -0.308 e. The third-order valence-corrected chi connectivity index (χ3v) is 8.38. The molecule has 0 saturated heterocycles. The van der Waals surface area contributed by atoms with Crippen LogP contribution in [0.1, 0.15) is 54.0 Å². The van der Waals surface area contributed by atoms with Crippen molar-refractivity contribution >= 4 is 39.3 Å². The molecular weight excluding hydrogens is 590 g/mol. The van der Waals surface area contributed by atoms with E-state index in [1.807, 2.05) is 160 Å². The van der Waals surface area contributed by atoms with Gasteiger partial charge in [-0.1, -0.05) is 125 Å². The molecule has 1 aliphatic heterocycles. The lowest BCUT2D eigenvalue weighted by Gasteiger charge is -2.20. The molecule has 0 aliphatic carbocycles. The number of hydrogen-bond donors (Lipinski definition) is 0. The van der Waals surface area contributed by atoms with Crippen LogP contribution in [-0.4, -0.2) is 16.4 Å². The van der Waals surface area contributed by atoms with Gasteiger partial charge in [0, 0.05) is 16.3 Å². The zero-order chi connectivity index (χ0) is 33.8. The number of aromatic nitrogens is 1. The lowest BCUT2D eigenvalue weighted by atomic mass is 9.97. The molecule has 6 aromatic carbocycles. The molecular formula is C43H35N3O2. The lowest BCUT2D eigenvalue weighted by Crippen LogP contribution is -2.30. The Morgan fingerprint density at radius 3 is 1.85 bits per heavy atom. The fraction of sp³-hybridized carbons (Fsp3) is 0.0930. The van der Waals surface area contributed by atoms with Gasteiger partial charge < -0.3 is 4.57 Å². The smallest absolute Gasteiger partial charge is 0.268 e. The summed E-state index contributed by atoms with van der Waals surface area (Å²) in [5.74, 6) is -0.748. The minimum absolute atomic E-state index is 0.341. The first kappa shape index (κ1) is 31.7. The number of carbonyl (C=O) groups excluding carboxylic acids is 2. The summed E-state index contributed by atoms with van der Waals surface area (Å²) in [5, 5.41) is 11.6. The predicted molar refractivity (Wildman–Crippen MR) is 197 cm³/mol. The first-order chi connectivity index (χ1) is 23.7. The van der Waals surface area contributed by atoms with E-state index in [0.29, 0.717) is 28.1 Å². The molecule has 2 heterocycles. The Morgan fingerprint density at radius 2 is 1.15 bits per heavy atom. The van der Waals surface area contributed by atoms with Crippen LogP contribution in [0.15, 0.2) is 140 Å². The molecule has 0 spiro atoms. The maximum absolute atomic E-state index is 14.5.